The topological polar surface area (TPSA) is 27.7 Å². The van der Waals surface area contributed by atoms with Gasteiger partial charge in [-0.2, -0.15) is 4.89 Å². The molecule has 3 heteroatoms. The zero-order valence-corrected chi connectivity index (χ0v) is 6.08. The van der Waals surface area contributed by atoms with Crippen molar-refractivity contribution in [3.63, 3.8) is 0 Å². The van der Waals surface area contributed by atoms with E-state index in [4.69, 9.17) is 9.62 Å². The van der Waals surface area contributed by atoms with Gasteiger partial charge in [-0.1, -0.05) is 13.2 Å². The third-order valence-electron chi connectivity index (χ3n) is 0.737. The van der Waals surface area contributed by atoms with Gasteiger partial charge in [-0.3, -0.25) is 0 Å². The molecule has 0 radical (unpaired) electrons. The second-order valence-corrected chi connectivity index (χ2v) is 1.67. The van der Waals surface area contributed by atoms with E-state index in [1.54, 1.807) is 0 Å². The first-order valence-electron chi connectivity index (χ1n) is 2.96. The van der Waals surface area contributed by atoms with E-state index in [9.17, 15) is 0 Å². The van der Waals surface area contributed by atoms with Gasteiger partial charge >= 0.3 is 0 Å². The molecule has 0 saturated carbocycles. The van der Waals surface area contributed by atoms with Crippen LogP contribution in [0.3, 0.4) is 0 Å². The van der Waals surface area contributed by atoms with E-state index >= 15 is 0 Å². The maximum Gasteiger partial charge on any atom is 0.136 e. The first-order chi connectivity index (χ1) is 4.81. The summed E-state index contributed by atoms with van der Waals surface area (Å²) in [6.07, 6.45) is 2.45. The average Bonchev–Trinajstić information content (AvgIpc) is 1.97. The Morgan fingerprint density at radius 2 is 2.10 bits per heavy atom. The molecule has 0 rings (SSSR count). The molecule has 0 aliphatic heterocycles. The van der Waals surface area contributed by atoms with Crippen LogP contribution in [-0.4, -0.2) is 12.7 Å². The van der Waals surface area contributed by atoms with E-state index in [1.807, 2.05) is 6.92 Å². The maximum absolute atomic E-state index is 4.82. The molecule has 0 saturated heterocycles. The molecule has 0 aromatic heterocycles. The average molecular weight is 144 g/mol. The van der Waals surface area contributed by atoms with Crippen molar-refractivity contribution in [2.45, 2.75) is 13.0 Å². The second kappa shape index (κ2) is 6.16. The molecular formula is C7H12O3. The van der Waals surface area contributed by atoms with Crippen molar-refractivity contribution in [2.75, 3.05) is 6.61 Å². The number of ether oxygens (including phenoxy) is 1. The minimum Gasteiger partial charge on any atom is -0.499 e. The van der Waals surface area contributed by atoms with Crippen LogP contribution >= 0.6 is 0 Å². The van der Waals surface area contributed by atoms with E-state index in [0.29, 0.717) is 6.61 Å². The zero-order valence-electron chi connectivity index (χ0n) is 6.08. The van der Waals surface area contributed by atoms with Gasteiger partial charge in [0.2, 0.25) is 0 Å². The minimum absolute atomic E-state index is 0.115. The summed E-state index contributed by atoms with van der Waals surface area (Å²) in [6.45, 7) is 8.92. The molecule has 0 spiro atoms. The van der Waals surface area contributed by atoms with Crippen LogP contribution in [0.15, 0.2) is 25.7 Å². The third kappa shape index (κ3) is 5.18. The smallest absolute Gasteiger partial charge is 0.136 e. The van der Waals surface area contributed by atoms with E-state index in [1.165, 1.54) is 12.5 Å². The highest BCUT2D eigenvalue weighted by Gasteiger charge is 2.00. The molecule has 0 fully saturated rings. The third-order valence-corrected chi connectivity index (χ3v) is 0.737. The van der Waals surface area contributed by atoms with Gasteiger partial charge in [0.25, 0.3) is 0 Å². The van der Waals surface area contributed by atoms with Crippen molar-refractivity contribution in [3.05, 3.63) is 25.7 Å². The van der Waals surface area contributed by atoms with Crippen molar-refractivity contribution >= 4 is 0 Å². The summed E-state index contributed by atoms with van der Waals surface area (Å²) < 4.78 is 4.82. The van der Waals surface area contributed by atoms with Gasteiger partial charge in [0.05, 0.1) is 6.26 Å². The molecule has 58 valence electrons. The lowest BCUT2D eigenvalue weighted by Crippen LogP contribution is -2.13. The maximum atomic E-state index is 4.82. The summed E-state index contributed by atoms with van der Waals surface area (Å²) in [7, 11) is 0. The van der Waals surface area contributed by atoms with Crippen LogP contribution in [0.5, 0.6) is 0 Å². The number of hydrogen-bond donors (Lipinski definition) is 0. The Labute approximate surface area is 60.8 Å². The Bertz CT molecular complexity index is 89.0. The normalized spacial score (nSPS) is 11.7. The predicted octanol–water partition coefficient (Wildman–Crippen LogP) is 1.63. The van der Waals surface area contributed by atoms with Gasteiger partial charge in [0.1, 0.15) is 19.0 Å². The first kappa shape index (κ1) is 9.04. The van der Waals surface area contributed by atoms with Gasteiger partial charge in [0.15, 0.2) is 0 Å². The van der Waals surface area contributed by atoms with E-state index in [2.05, 4.69) is 18.0 Å². The highest BCUT2D eigenvalue weighted by atomic mass is 17.2. The summed E-state index contributed by atoms with van der Waals surface area (Å²) in [5, 5.41) is 0. The van der Waals surface area contributed by atoms with Crippen LogP contribution in [0.2, 0.25) is 0 Å². The van der Waals surface area contributed by atoms with E-state index in [0.717, 1.165) is 0 Å². The minimum atomic E-state index is -0.115. The van der Waals surface area contributed by atoms with Crippen LogP contribution in [0.25, 0.3) is 0 Å². The molecule has 1 atom stereocenters. The molecule has 0 bridgehead atoms. The Morgan fingerprint density at radius 1 is 1.40 bits per heavy atom. The monoisotopic (exact) mass is 144 g/mol. The second-order valence-electron chi connectivity index (χ2n) is 1.67. The Morgan fingerprint density at radius 3 is 2.60 bits per heavy atom. The Kier molecular flexibility index (Phi) is 5.57. The van der Waals surface area contributed by atoms with Crippen molar-refractivity contribution in [2.24, 2.45) is 0 Å². The van der Waals surface area contributed by atoms with Crippen molar-refractivity contribution < 1.29 is 14.5 Å². The van der Waals surface area contributed by atoms with Gasteiger partial charge in [0, 0.05) is 0 Å². The van der Waals surface area contributed by atoms with Crippen LogP contribution in [-0.2, 0) is 14.5 Å². The fourth-order valence-electron chi connectivity index (χ4n) is 0.365. The lowest BCUT2D eigenvalue weighted by Gasteiger charge is -2.08. The quantitative estimate of drug-likeness (QED) is 0.322. The molecule has 0 amide bonds. The molecule has 0 aliphatic rings. The van der Waals surface area contributed by atoms with Gasteiger partial charge in [-0.25, -0.2) is 0 Å². The standard InChI is InChI=1S/C7H12O3/c1-4-8-6-7(3)10-9-5-2/h4-5,7H,1-2,6H2,3H3. The first-order valence-corrected chi connectivity index (χ1v) is 2.96. The van der Waals surface area contributed by atoms with Crippen molar-refractivity contribution in [1.29, 1.82) is 0 Å². The highest BCUT2D eigenvalue weighted by Crippen LogP contribution is 1.92. The van der Waals surface area contributed by atoms with Crippen LogP contribution in [0, 0.1) is 0 Å². The summed E-state index contributed by atoms with van der Waals surface area (Å²) >= 11 is 0. The van der Waals surface area contributed by atoms with Gasteiger partial charge in [-0.15, -0.1) is 0 Å². The molecule has 0 N–H and O–H groups in total. The summed E-state index contributed by atoms with van der Waals surface area (Å²) in [5.74, 6) is 0. The predicted molar refractivity (Wildman–Crippen MR) is 38.0 cm³/mol. The summed E-state index contributed by atoms with van der Waals surface area (Å²) in [6, 6.07) is 0. The Hall–Kier alpha value is -0.960. The molecule has 0 aliphatic carbocycles. The largest absolute Gasteiger partial charge is 0.499 e. The molecule has 10 heavy (non-hydrogen) atoms. The summed E-state index contributed by atoms with van der Waals surface area (Å²) in [5.41, 5.74) is 0. The van der Waals surface area contributed by atoms with Gasteiger partial charge < -0.3 is 9.62 Å². The molecule has 3 nitrogen and oxygen atoms in total. The van der Waals surface area contributed by atoms with Crippen LogP contribution in [0.4, 0.5) is 0 Å². The zero-order chi connectivity index (χ0) is 7.82. The molecular weight excluding hydrogens is 132 g/mol. The highest BCUT2D eigenvalue weighted by molar-refractivity contribution is 4.52. The van der Waals surface area contributed by atoms with E-state index < -0.39 is 0 Å². The number of hydrogen-bond acceptors (Lipinski definition) is 3. The van der Waals surface area contributed by atoms with Crippen LogP contribution in [0.1, 0.15) is 6.92 Å². The van der Waals surface area contributed by atoms with Crippen molar-refractivity contribution in [1.82, 2.24) is 0 Å². The molecule has 0 aromatic rings. The molecule has 1 unspecified atom stereocenters. The number of rotatable bonds is 6. The lowest BCUT2D eigenvalue weighted by atomic mass is 10.4. The van der Waals surface area contributed by atoms with Gasteiger partial charge in [-0.05, 0) is 6.92 Å². The fraction of sp³-hybridized carbons (Fsp3) is 0.429. The summed E-state index contributed by atoms with van der Waals surface area (Å²) in [4.78, 5) is 9.14. The Balaban J connectivity index is 3.15. The molecule has 0 heterocycles. The van der Waals surface area contributed by atoms with E-state index in [-0.39, 0.29) is 6.10 Å². The van der Waals surface area contributed by atoms with Crippen molar-refractivity contribution in [3.8, 4) is 0 Å². The lowest BCUT2D eigenvalue weighted by molar-refractivity contribution is -0.284. The fourth-order valence-corrected chi connectivity index (χ4v) is 0.365. The van der Waals surface area contributed by atoms with Crippen LogP contribution < -0.4 is 0 Å². The SMILES string of the molecule is C=COCC(C)OOC=C. The molecule has 0 aromatic carbocycles.